The van der Waals surface area contributed by atoms with E-state index in [-0.39, 0.29) is 28.8 Å². The molecule has 42 heavy (non-hydrogen) atoms. The lowest BCUT2D eigenvalue weighted by atomic mass is 10.1. The molecule has 1 atom stereocenters. The number of nitrogens with one attached hydrogen (secondary N) is 1. The summed E-state index contributed by atoms with van der Waals surface area (Å²) in [6.07, 6.45) is 0.291. The molecule has 226 valence electrons. The third-order valence-electron chi connectivity index (χ3n) is 6.42. The third kappa shape index (κ3) is 8.00. The van der Waals surface area contributed by atoms with Crippen LogP contribution in [0.25, 0.3) is 0 Å². The van der Waals surface area contributed by atoms with E-state index < -0.39 is 39.9 Å². The smallest absolute Gasteiger partial charge is 0.264 e. The Labute approximate surface area is 247 Å². The van der Waals surface area contributed by atoms with Crippen LogP contribution in [0.2, 0.25) is 0 Å². The van der Waals surface area contributed by atoms with Gasteiger partial charge in [0.2, 0.25) is 11.8 Å². The Morgan fingerprint density at radius 1 is 0.929 bits per heavy atom. The molecule has 0 heterocycles. The highest BCUT2D eigenvalue weighted by atomic mass is 32.2. The molecule has 3 aromatic rings. The average molecular weight is 600 g/mol. The summed E-state index contributed by atoms with van der Waals surface area (Å²) in [6.45, 7) is 6.74. The Bertz CT molecular complexity index is 1470. The van der Waals surface area contributed by atoms with Crippen molar-refractivity contribution < 1.29 is 31.9 Å². The minimum atomic E-state index is -4.38. The number of hydrogen-bond acceptors (Lipinski definition) is 6. The standard InChI is InChI=1S/C31H38FN3O6S/c1-7-26(30(37)33-31(2,3)4)34(20-22-11-9-8-10-12-22)29(36)21-35(24-15-13-23(32)14-16-24)42(38,39)25-17-18-27(40-5)28(19-25)41-6/h8-19,26H,7,20-21H2,1-6H3,(H,33,37)/t26-/m0/s1. The third-order valence-corrected chi connectivity index (χ3v) is 8.19. The van der Waals surface area contributed by atoms with Gasteiger partial charge in [-0.1, -0.05) is 37.3 Å². The Hall–Kier alpha value is -4.12. The van der Waals surface area contributed by atoms with Gasteiger partial charge in [-0.15, -0.1) is 0 Å². The highest BCUT2D eigenvalue weighted by molar-refractivity contribution is 7.92. The Balaban J connectivity index is 2.09. The summed E-state index contributed by atoms with van der Waals surface area (Å²) < 4.78 is 53.4. The van der Waals surface area contributed by atoms with Gasteiger partial charge < -0.3 is 19.7 Å². The molecular formula is C31H38FN3O6S. The molecular weight excluding hydrogens is 561 g/mol. The van der Waals surface area contributed by atoms with E-state index in [1.807, 2.05) is 51.1 Å². The van der Waals surface area contributed by atoms with Crippen molar-refractivity contribution in [2.45, 2.75) is 57.1 Å². The van der Waals surface area contributed by atoms with Crippen molar-refractivity contribution in [2.24, 2.45) is 0 Å². The number of ether oxygens (including phenoxy) is 2. The predicted octanol–water partition coefficient (Wildman–Crippen LogP) is 4.76. The zero-order chi connectivity index (χ0) is 31.1. The lowest BCUT2D eigenvalue weighted by molar-refractivity contribution is -0.141. The maximum atomic E-state index is 14.1. The monoisotopic (exact) mass is 599 g/mol. The zero-order valence-electron chi connectivity index (χ0n) is 24.8. The van der Waals surface area contributed by atoms with E-state index in [1.54, 1.807) is 6.92 Å². The van der Waals surface area contributed by atoms with Gasteiger partial charge in [0.1, 0.15) is 18.4 Å². The Morgan fingerprint density at radius 3 is 2.10 bits per heavy atom. The van der Waals surface area contributed by atoms with E-state index in [0.717, 1.165) is 22.0 Å². The maximum absolute atomic E-state index is 14.1. The first-order chi connectivity index (χ1) is 19.8. The average Bonchev–Trinajstić information content (AvgIpc) is 2.95. The number of methoxy groups -OCH3 is 2. The van der Waals surface area contributed by atoms with Crippen molar-refractivity contribution in [3.8, 4) is 11.5 Å². The number of benzene rings is 3. The highest BCUT2D eigenvalue weighted by Crippen LogP contribution is 2.32. The van der Waals surface area contributed by atoms with Crippen LogP contribution in [0.3, 0.4) is 0 Å². The van der Waals surface area contributed by atoms with Crippen molar-refractivity contribution in [1.82, 2.24) is 10.2 Å². The van der Waals surface area contributed by atoms with Crippen LogP contribution in [0.5, 0.6) is 11.5 Å². The molecule has 0 aromatic heterocycles. The first-order valence-electron chi connectivity index (χ1n) is 13.5. The number of sulfonamides is 1. The summed E-state index contributed by atoms with van der Waals surface area (Å²) in [6, 6.07) is 17.1. The normalized spacial score (nSPS) is 12.3. The number of halogens is 1. The van der Waals surface area contributed by atoms with Crippen LogP contribution in [0, 0.1) is 5.82 Å². The Morgan fingerprint density at radius 2 is 1.55 bits per heavy atom. The van der Waals surface area contributed by atoms with E-state index in [2.05, 4.69) is 5.32 Å². The molecule has 0 spiro atoms. The van der Waals surface area contributed by atoms with Gasteiger partial charge in [0.25, 0.3) is 10.0 Å². The SMILES string of the molecule is CC[C@@H](C(=O)NC(C)(C)C)N(Cc1ccccc1)C(=O)CN(c1ccc(F)cc1)S(=O)(=O)c1ccc(OC)c(OC)c1. The minimum absolute atomic E-state index is 0.0728. The van der Waals surface area contributed by atoms with Crippen LogP contribution >= 0.6 is 0 Å². The van der Waals surface area contributed by atoms with E-state index in [1.165, 1.54) is 49.5 Å². The number of hydrogen-bond donors (Lipinski definition) is 1. The van der Waals surface area contributed by atoms with Crippen LogP contribution in [0.1, 0.15) is 39.7 Å². The van der Waals surface area contributed by atoms with Gasteiger partial charge in [-0.25, -0.2) is 12.8 Å². The number of rotatable bonds is 12. The fourth-order valence-electron chi connectivity index (χ4n) is 4.39. The van der Waals surface area contributed by atoms with Gasteiger partial charge in [0.05, 0.1) is 24.8 Å². The van der Waals surface area contributed by atoms with E-state index in [0.29, 0.717) is 12.2 Å². The molecule has 0 fully saturated rings. The fraction of sp³-hybridized carbons (Fsp3) is 0.355. The quantitative estimate of drug-likeness (QED) is 0.322. The van der Waals surface area contributed by atoms with Crippen molar-refractivity contribution in [2.75, 3.05) is 25.1 Å². The second kappa shape index (κ2) is 13.7. The largest absolute Gasteiger partial charge is 0.493 e. The van der Waals surface area contributed by atoms with Crippen molar-refractivity contribution >= 4 is 27.5 Å². The lowest BCUT2D eigenvalue weighted by Crippen LogP contribution is -2.55. The van der Waals surface area contributed by atoms with Crippen molar-refractivity contribution in [1.29, 1.82) is 0 Å². The van der Waals surface area contributed by atoms with Gasteiger partial charge >= 0.3 is 0 Å². The van der Waals surface area contributed by atoms with Gasteiger partial charge in [-0.05, 0) is 69.2 Å². The molecule has 11 heteroatoms. The molecule has 0 saturated heterocycles. The summed E-state index contributed by atoms with van der Waals surface area (Å²) in [5.41, 5.74) is 0.290. The lowest BCUT2D eigenvalue weighted by Gasteiger charge is -2.34. The van der Waals surface area contributed by atoms with Gasteiger partial charge in [0, 0.05) is 18.2 Å². The number of amides is 2. The molecule has 0 aliphatic rings. The number of nitrogens with zero attached hydrogens (tertiary/aromatic N) is 2. The molecule has 0 aliphatic heterocycles. The molecule has 1 N–H and O–H groups in total. The zero-order valence-corrected chi connectivity index (χ0v) is 25.6. The maximum Gasteiger partial charge on any atom is 0.264 e. The first kappa shape index (κ1) is 32.4. The molecule has 3 aromatic carbocycles. The van der Waals surface area contributed by atoms with Crippen LogP contribution in [-0.2, 0) is 26.2 Å². The van der Waals surface area contributed by atoms with E-state index in [4.69, 9.17) is 9.47 Å². The second-order valence-corrected chi connectivity index (χ2v) is 12.5. The van der Waals surface area contributed by atoms with E-state index >= 15 is 0 Å². The summed E-state index contributed by atoms with van der Waals surface area (Å²) in [5.74, 6) is -1.03. The van der Waals surface area contributed by atoms with Crippen LogP contribution in [-0.4, -0.2) is 57.5 Å². The van der Waals surface area contributed by atoms with Crippen LogP contribution < -0.4 is 19.1 Å². The molecule has 0 bridgehead atoms. The van der Waals surface area contributed by atoms with Crippen LogP contribution in [0.15, 0.2) is 77.7 Å². The fourth-order valence-corrected chi connectivity index (χ4v) is 5.82. The topological polar surface area (TPSA) is 105 Å². The summed E-state index contributed by atoms with van der Waals surface area (Å²) in [4.78, 5) is 28.7. The molecule has 0 aliphatic carbocycles. The minimum Gasteiger partial charge on any atom is -0.493 e. The molecule has 3 rings (SSSR count). The van der Waals surface area contributed by atoms with Gasteiger partial charge in [-0.3, -0.25) is 13.9 Å². The predicted molar refractivity (Wildman–Crippen MR) is 159 cm³/mol. The first-order valence-corrected chi connectivity index (χ1v) is 14.9. The van der Waals surface area contributed by atoms with Gasteiger partial charge in [0.15, 0.2) is 11.5 Å². The second-order valence-electron chi connectivity index (χ2n) is 10.7. The van der Waals surface area contributed by atoms with E-state index in [9.17, 15) is 22.4 Å². The van der Waals surface area contributed by atoms with Crippen molar-refractivity contribution in [3.05, 3.63) is 84.2 Å². The number of carbonyl (C=O) groups is 2. The van der Waals surface area contributed by atoms with Gasteiger partial charge in [-0.2, -0.15) is 0 Å². The summed E-state index contributed by atoms with van der Waals surface area (Å²) in [5, 5.41) is 2.93. The molecule has 0 radical (unpaired) electrons. The van der Waals surface area contributed by atoms with Crippen LogP contribution in [0.4, 0.5) is 10.1 Å². The molecule has 0 saturated carbocycles. The molecule has 0 unspecified atom stereocenters. The van der Waals surface area contributed by atoms with Crippen molar-refractivity contribution in [3.63, 3.8) is 0 Å². The molecule has 9 nitrogen and oxygen atoms in total. The number of carbonyl (C=O) groups excluding carboxylic acids is 2. The molecule has 2 amide bonds. The summed E-state index contributed by atoms with van der Waals surface area (Å²) in [7, 11) is -1.57. The number of anilines is 1. The Kier molecular flexibility index (Phi) is 10.6. The summed E-state index contributed by atoms with van der Waals surface area (Å²) >= 11 is 0. The highest BCUT2D eigenvalue weighted by Gasteiger charge is 2.35.